The van der Waals surface area contributed by atoms with Gasteiger partial charge in [-0.05, 0) is 18.2 Å². The van der Waals surface area contributed by atoms with Crippen LogP contribution in [0.4, 0.5) is 5.69 Å². The van der Waals surface area contributed by atoms with Crippen LogP contribution in [0.15, 0.2) is 48.5 Å². The highest BCUT2D eigenvalue weighted by molar-refractivity contribution is 6.11. The predicted octanol–water partition coefficient (Wildman–Crippen LogP) is 1.49. The molecule has 2 aromatic carbocycles. The van der Waals surface area contributed by atoms with Gasteiger partial charge in [0, 0.05) is 18.7 Å². The number of Topliss-reactive ketones (excluding diaryl/α,β-unsaturated/α-hetero) is 1. The third-order valence-electron chi connectivity index (χ3n) is 5.31. The maximum Gasteiger partial charge on any atom is 0.265 e. The van der Waals surface area contributed by atoms with Gasteiger partial charge in [-0.15, -0.1) is 0 Å². The fourth-order valence-corrected chi connectivity index (χ4v) is 3.80. The van der Waals surface area contributed by atoms with E-state index in [0.717, 1.165) is 0 Å². The molecular weight excluding hydrogens is 360 g/mol. The third kappa shape index (κ3) is 3.17. The van der Waals surface area contributed by atoms with E-state index < -0.39 is 23.7 Å². The standard InChI is InChI=1S/C21H22N2O5/c24-18-8-4-1-5-15(18)19(25)13-21(27)16-6-2-3-7-17(16)23(20(21)26)14-22-9-11-28-12-10-22/h1-8,24,27H,9-14H2/t21-/m0/s1. The molecule has 4 rings (SSSR count). The van der Waals surface area contributed by atoms with Crippen LogP contribution < -0.4 is 4.90 Å². The number of anilines is 1. The Hall–Kier alpha value is -2.74. The first-order chi connectivity index (χ1) is 13.5. The van der Waals surface area contributed by atoms with E-state index in [1.165, 1.54) is 17.0 Å². The van der Waals surface area contributed by atoms with E-state index in [-0.39, 0.29) is 11.3 Å². The quantitative estimate of drug-likeness (QED) is 0.762. The van der Waals surface area contributed by atoms with Gasteiger partial charge in [-0.3, -0.25) is 19.4 Å². The van der Waals surface area contributed by atoms with Crippen molar-refractivity contribution in [2.45, 2.75) is 12.0 Å². The van der Waals surface area contributed by atoms with Crippen molar-refractivity contribution in [1.82, 2.24) is 4.90 Å². The second-order valence-corrected chi connectivity index (χ2v) is 7.10. The molecule has 0 aromatic heterocycles. The number of hydrogen-bond acceptors (Lipinski definition) is 6. The second-order valence-electron chi connectivity index (χ2n) is 7.10. The molecule has 0 spiro atoms. The highest BCUT2D eigenvalue weighted by Gasteiger charge is 2.51. The van der Waals surface area contributed by atoms with E-state index in [4.69, 9.17) is 4.74 Å². The number of ether oxygens (including phenoxy) is 1. The summed E-state index contributed by atoms with van der Waals surface area (Å²) in [5.74, 6) is -1.18. The number of nitrogens with zero attached hydrogens (tertiary/aromatic N) is 2. The molecule has 146 valence electrons. The average molecular weight is 382 g/mol. The molecule has 2 aliphatic rings. The van der Waals surface area contributed by atoms with Crippen LogP contribution in [0.2, 0.25) is 0 Å². The van der Waals surface area contributed by atoms with Crippen molar-refractivity contribution in [2.24, 2.45) is 0 Å². The number of phenolic OH excluding ortho intramolecular Hbond substituents is 1. The molecule has 0 unspecified atom stereocenters. The van der Waals surface area contributed by atoms with Crippen LogP contribution >= 0.6 is 0 Å². The van der Waals surface area contributed by atoms with E-state index >= 15 is 0 Å². The lowest BCUT2D eigenvalue weighted by atomic mass is 9.88. The number of fused-ring (bicyclic) bond motifs is 1. The van der Waals surface area contributed by atoms with Crippen LogP contribution in [0.25, 0.3) is 0 Å². The van der Waals surface area contributed by atoms with Gasteiger partial charge < -0.3 is 14.9 Å². The van der Waals surface area contributed by atoms with Gasteiger partial charge in [0.15, 0.2) is 11.4 Å². The summed E-state index contributed by atoms with van der Waals surface area (Å²) in [4.78, 5) is 29.6. The molecule has 1 saturated heterocycles. The Morgan fingerprint density at radius 2 is 1.75 bits per heavy atom. The zero-order valence-corrected chi connectivity index (χ0v) is 15.4. The number of ketones is 1. The molecule has 7 heteroatoms. The maximum atomic E-state index is 13.2. The van der Waals surface area contributed by atoms with Crippen molar-refractivity contribution in [3.8, 4) is 5.75 Å². The SMILES string of the molecule is O=C(C[C@@]1(O)C(=O)N(CN2CCOCC2)c2ccccc21)c1ccccc1O. The molecule has 1 fully saturated rings. The highest BCUT2D eigenvalue weighted by Crippen LogP contribution is 2.43. The summed E-state index contributed by atoms with van der Waals surface area (Å²) in [5, 5.41) is 21.2. The number of carbonyl (C=O) groups excluding carboxylic acids is 2. The number of carbonyl (C=O) groups is 2. The lowest BCUT2D eigenvalue weighted by Gasteiger charge is -2.31. The van der Waals surface area contributed by atoms with Crippen molar-refractivity contribution in [2.75, 3.05) is 37.9 Å². The largest absolute Gasteiger partial charge is 0.507 e. The van der Waals surface area contributed by atoms with Crippen molar-refractivity contribution in [3.05, 3.63) is 59.7 Å². The molecule has 7 nitrogen and oxygen atoms in total. The van der Waals surface area contributed by atoms with Crippen LogP contribution in [0, 0.1) is 0 Å². The number of rotatable bonds is 5. The molecular formula is C21H22N2O5. The smallest absolute Gasteiger partial charge is 0.265 e. The van der Waals surface area contributed by atoms with E-state index in [9.17, 15) is 19.8 Å². The molecule has 2 N–H and O–H groups in total. The van der Waals surface area contributed by atoms with E-state index in [1.54, 1.807) is 36.4 Å². The summed E-state index contributed by atoms with van der Waals surface area (Å²) in [7, 11) is 0. The highest BCUT2D eigenvalue weighted by atomic mass is 16.5. The van der Waals surface area contributed by atoms with Gasteiger partial charge in [0.05, 0.1) is 37.6 Å². The number of aliphatic hydroxyl groups is 1. The molecule has 0 aliphatic carbocycles. The minimum absolute atomic E-state index is 0.0906. The monoisotopic (exact) mass is 382 g/mol. The summed E-state index contributed by atoms with van der Waals surface area (Å²) in [5.41, 5.74) is -0.848. The van der Waals surface area contributed by atoms with Crippen LogP contribution in [-0.4, -0.2) is 59.8 Å². The van der Waals surface area contributed by atoms with Gasteiger partial charge in [0.1, 0.15) is 5.75 Å². The number of para-hydroxylation sites is 2. The van der Waals surface area contributed by atoms with Crippen LogP contribution in [-0.2, 0) is 15.1 Å². The zero-order valence-electron chi connectivity index (χ0n) is 15.4. The maximum absolute atomic E-state index is 13.2. The number of phenols is 1. The number of aromatic hydroxyl groups is 1. The van der Waals surface area contributed by atoms with Crippen molar-refractivity contribution < 1.29 is 24.5 Å². The minimum atomic E-state index is -1.96. The zero-order chi connectivity index (χ0) is 19.7. The lowest BCUT2D eigenvalue weighted by Crippen LogP contribution is -2.49. The Kier molecular flexibility index (Phi) is 4.89. The summed E-state index contributed by atoms with van der Waals surface area (Å²) in [6, 6.07) is 13.1. The molecule has 2 heterocycles. The third-order valence-corrected chi connectivity index (χ3v) is 5.31. The number of hydrogen-bond donors (Lipinski definition) is 2. The first-order valence-electron chi connectivity index (χ1n) is 9.26. The molecule has 0 bridgehead atoms. The van der Waals surface area contributed by atoms with Gasteiger partial charge in [-0.1, -0.05) is 30.3 Å². The Bertz CT molecular complexity index is 909. The molecule has 28 heavy (non-hydrogen) atoms. The van der Waals surface area contributed by atoms with E-state index in [2.05, 4.69) is 4.90 Å². The summed E-state index contributed by atoms with van der Waals surface area (Å²) >= 11 is 0. The molecule has 0 radical (unpaired) electrons. The summed E-state index contributed by atoms with van der Waals surface area (Å²) in [6.45, 7) is 2.91. The van der Waals surface area contributed by atoms with Gasteiger partial charge in [-0.25, -0.2) is 0 Å². The van der Waals surface area contributed by atoms with Gasteiger partial charge in [0.25, 0.3) is 5.91 Å². The Labute approximate surface area is 162 Å². The molecule has 1 amide bonds. The fraction of sp³-hybridized carbons (Fsp3) is 0.333. The van der Waals surface area contributed by atoms with Crippen molar-refractivity contribution in [3.63, 3.8) is 0 Å². The molecule has 2 aromatic rings. The normalized spacial score (nSPS) is 22.3. The van der Waals surface area contributed by atoms with Crippen LogP contribution in [0.1, 0.15) is 22.3 Å². The number of benzene rings is 2. The average Bonchev–Trinajstić information content (AvgIpc) is 2.91. The Morgan fingerprint density at radius 3 is 2.50 bits per heavy atom. The minimum Gasteiger partial charge on any atom is -0.507 e. The lowest BCUT2D eigenvalue weighted by molar-refractivity contribution is -0.136. The van der Waals surface area contributed by atoms with E-state index in [0.29, 0.717) is 44.2 Å². The summed E-state index contributed by atoms with van der Waals surface area (Å²) in [6.07, 6.45) is -0.431. The van der Waals surface area contributed by atoms with Crippen molar-refractivity contribution in [1.29, 1.82) is 0 Å². The van der Waals surface area contributed by atoms with Crippen molar-refractivity contribution >= 4 is 17.4 Å². The van der Waals surface area contributed by atoms with E-state index in [1.807, 2.05) is 0 Å². The molecule has 1 atom stereocenters. The van der Waals surface area contributed by atoms with Crippen LogP contribution in [0.5, 0.6) is 5.75 Å². The van der Waals surface area contributed by atoms with Gasteiger partial charge in [0.2, 0.25) is 0 Å². The predicted molar refractivity (Wildman–Crippen MR) is 102 cm³/mol. The second kappa shape index (κ2) is 7.35. The number of morpholine rings is 1. The first kappa shape index (κ1) is 18.6. The fourth-order valence-electron chi connectivity index (χ4n) is 3.80. The van der Waals surface area contributed by atoms with Crippen LogP contribution in [0.3, 0.4) is 0 Å². The summed E-state index contributed by atoms with van der Waals surface area (Å²) < 4.78 is 5.35. The first-order valence-corrected chi connectivity index (χ1v) is 9.26. The Balaban J connectivity index is 1.64. The van der Waals surface area contributed by atoms with Gasteiger partial charge >= 0.3 is 0 Å². The van der Waals surface area contributed by atoms with Gasteiger partial charge in [-0.2, -0.15) is 0 Å². The number of amides is 1. The topological polar surface area (TPSA) is 90.3 Å². The molecule has 0 saturated carbocycles. The molecule has 2 aliphatic heterocycles. The Morgan fingerprint density at radius 1 is 1.07 bits per heavy atom.